The predicted octanol–water partition coefficient (Wildman–Crippen LogP) is 2.56. The van der Waals surface area contributed by atoms with E-state index < -0.39 is 22.2 Å². The van der Waals surface area contributed by atoms with Crippen LogP contribution in [0.3, 0.4) is 0 Å². The molecule has 1 aromatic rings. The minimum atomic E-state index is -3.77. The highest BCUT2D eigenvalue weighted by molar-refractivity contribution is 7.89. The van der Waals surface area contributed by atoms with Crippen LogP contribution in [0, 0.1) is 0 Å². The first-order valence-corrected chi connectivity index (χ1v) is 11.9. The van der Waals surface area contributed by atoms with Gasteiger partial charge in [0, 0.05) is 58.5 Å². The number of urea groups is 1. The lowest BCUT2D eigenvalue weighted by Gasteiger charge is -2.32. The number of hydrogen-bond acceptors (Lipinski definition) is 4. The molecule has 9 nitrogen and oxygen atoms in total. The van der Waals surface area contributed by atoms with E-state index in [9.17, 15) is 22.4 Å². The van der Waals surface area contributed by atoms with Crippen molar-refractivity contribution in [2.45, 2.75) is 17.4 Å². The number of allylic oxidation sites excluding steroid dienone is 2. The molecule has 1 atom stereocenters. The summed E-state index contributed by atoms with van der Waals surface area (Å²) in [6, 6.07) is 5.62. The molecule has 0 radical (unpaired) electrons. The molecule has 1 aromatic carbocycles. The van der Waals surface area contributed by atoms with Crippen molar-refractivity contribution in [3.05, 3.63) is 59.6 Å². The van der Waals surface area contributed by atoms with Crippen LogP contribution >= 0.6 is 0 Å². The van der Waals surface area contributed by atoms with Crippen molar-refractivity contribution in [2.24, 2.45) is 0 Å². The third kappa shape index (κ3) is 4.25. The molecule has 1 fully saturated rings. The van der Waals surface area contributed by atoms with Crippen molar-refractivity contribution in [1.29, 1.82) is 0 Å². The van der Waals surface area contributed by atoms with Crippen LogP contribution in [0.15, 0.2) is 58.9 Å². The zero-order valence-electron chi connectivity index (χ0n) is 18.3. The van der Waals surface area contributed by atoms with Crippen molar-refractivity contribution >= 4 is 27.7 Å². The van der Waals surface area contributed by atoms with E-state index >= 15 is 0 Å². The van der Waals surface area contributed by atoms with Gasteiger partial charge in [0.05, 0.1) is 10.9 Å². The van der Waals surface area contributed by atoms with Crippen molar-refractivity contribution in [3.8, 4) is 0 Å². The molecular weight excluding hydrogens is 451 g/mol. The van der Waals surface area contributed by atoms with Gasteiger partial charge in [0.15, 0.2) is 0 Å². The smallest absolute Gasteiger partial charge is 0.407 e. The van der Waals surface area contributed by atoms with Gasteiger partial charge < -0.3 is 14.9 Å². The summed E-state index contributed by atoms with van der Waals surface area (Å²) in [5.74, 6) is -0.306. The number of carboxylic acid groups (broad SMARTS) is 1. The van der Waals surface area contributed by atoms with Crippen LogP contribution in [-0.4, -0.2) is 91.0 Å². The predicted molar refractivity (Wildman–Crippen MR) is 119 cm³/mol. The van der Waals surface area contributed by atoms with E-state index in [0.29, 0.717) is 5.56 Å². The van der Waals surface area contributed by atoms with Crippen molar-refractivity contribution in [1.82, 2.24) is 19.0 Å². The first kappa shape index (κ1) is 23.0. The molecule has 2 aliphatic heterocycles. The normalized spacial score (nSPS) is 21.2. The lowest BCUT2D eigenvalue weighted by molar-refractivity contribution is 0.126. The van der Waals surface area contributed by atoms with Gasteiger partial charge in [-0.2, -0.15) is 4.31 Å². The Morgan fingerprint density at radius 2 is 1.70 bits per heavy atom. The Morgan fingerprint density at radius 1 is 1.06 bits per heavy atom. The molecule has 1 N–H and O–H groups in total. The highest BCUT2D eigenvalue weighted by Gasteiger charge is 2.37. The van der Waals surface area contributed by atoms with Crippen molar-refractivity contribution in [3.63, 3.8) is 0 Å². The first-order chi connectivity index (χ1) is 15.6. The third-order valence-corrected chi connectivity index (χ3v) is 7.93. The van der Waals surface area contributed by atoms with E-state index in [1.807, 2.05) is 0 Å². The Bertz CT molecular complexity index is 1170. The fourth-order valence-corrected chi connectivity index (χ4v) is 5.63. The molecule has 0 spiro atoms. The van der Waals surface area contributed by atoms with E-state index in [0.717, 1.165) is 11.1 Å². The topological polar surface area (TPSA) is 101 Å². The standard InChI is InChI=1S/C22H25FN4O5S/c1-24(2)21(28)27-14-19(18-8-5-16(23)13-20(18)27)15-3-6-17(7-4-15)33(31,32)26-11-9-25(10-12-26)22(29)30/h3-8,14,20H,9-13H2,1-2H3,(H,29,30). The van der Waals surface area contributed by atoms with Gasteiger partial charge in [0.2, 0.25) is 10.0 Å². The molecule has 176 valence electrons. The average molecular weight is 477 g/mol. The first-order valence-electron chi connectivity index (χ1n) is 10.5. The second-order valence-electron chi connectivity index (χ2n) is 8.28. The van der Waals surface area contributed by atoms with Crippen molar-refractivity contribution in [2.75, 3.05) is 40.3 Å². The third-order valence-electron chi connectivity index (χ3n) is 6.02. The molecule has 1 aliphatic carbocycles. The summed E-state index contributed by atoms with van der Waals surface area (Å²) in [6.45, 7) is 0.426. The number of sulfonamides is 1. The number of carbonyl (C=O) groups excluding carboxylic acids is 1. The number of hydrogen-bond donors (Lipinski definition) is 1. The maximum atomic E-state index is 14.0. The summed E-state index contributed by atoms with van der Waals surface area (Å²) in [7, 11) is -0.513. The van der Waals surface area contributed by atoms with Crippen LogP contribution in [0.25, 0.3) is 5.57 Å². The molecule has 4 rings (SSSR count). The second-order valence-corrected chi connectivity index (χ2v) is 10.2. The summed E-state index contributed by atoms with van der Waals surface area (Å²) in [5, 5.41) is 9.06. The van der Waals surface area contributed by atoms with Gasteiger partial charge in [-0.05, 0) is 29.3 Å². The maximum absolute atomic E-state index is 14.0. The van der Waals surface area contributed by atoms with E-state index in [1.165, 1.54) is 37.2 Å². The van der Waals surface area contributed by atoms with Crippen LogP contribution in [-0.2, 0) is 10.0 Å². The molecule has 0 saturated carbocycles. The Balaban J connectivity index is 1.59. The SMILES string of the molecule is CN(C)C(=O)N1C=C(c2ccc(S(=O)(=O)N3CCN(C(=O)O)CC3)cc2)C2=CC=C(F)CC21. The number of nitrogens with zero attached hydrogens (tertiary/aromatic N) is 4. The molecular formula is C22H25FN4O5S. The number of fused-ring (bicyclic) bond motifs is 1. The van der Waals surface area contributed by atoms with Crippen LogP contribution in [0.2, 0.25) is 0 Å². The van der Waals surface area contributed by atoms with E-state index in [1.54, 1.807) is 38.5 Å². The van der Waals surface area contributed by atoms with Gasteiger partial charge in [-0.1, -0.05) is 18.2 Å². The number of rotatable bonds is 3. The Morgan fingerprint density at radius 3 is 2.27 bits per heavy atom. The lowest BCUT2D eigenvalue weighted by Crippen LogP contribution is -2.50. The molecule has 11 heteroatoms. The number of amides is 3. The Labute approximate surface area is 191 Å². The fourth-order valence-electron chi connectivity index (χ4n) is 4.21. The van der Waals surface area contributed by atoms with Gasteiger partial charge in [0.1, 0.15) is 5.83 Å². The number of halogens is 1. The molecule has 3 aliphatic rings. The Kier molecular flexibility index (Phi) is 6.02. The summed E-state index contributed by atoms with van der Waals surface area (Å²) in [5.41, 5.74) is 2.25. The minimum Gasteiger partial charge on any atom is -0.465 e. The van der Waals surface area contributed by atoms with Crippen LogP contribution in [0.5, 0.6) is 0 Å². The number of piperazine rings is 1. The molecule has 0 aromatic heterocycles. The number of carbonyl (C=O) groups is 2. The van der Waals surface area contributed by atoms with E-state index in [-0.39, 0.29) is 49.4 Å². The maximum Gasteiger partial charge on any atom is 0.407 e. The highest BCUT2D eigenvalue weighted by atomic mass is 32.2. The molecule has 0 bridgehead atoms. The van der Waals surface area contributed by atoms with Gasteiger partial charge in [-0.25, -0.2) is 22.4 Å². The van der Waals surface area contributed by atoms with Crippen molar-refractivity contribution < 1.29 is 27.5 Å². The molecule has 33 heavy (non-hydrogen) atoms. The van der Waals surface area contributed by atoms with Crippen LogP contribution in [0.4, 0.5) is 14.0 Å². The molecule has 2 heterocycles. The fraction of sp³-hybridized carbons (Fsp3) is 0.364. The molecule has 3 amide bonds. The average Bonchev–Trinajstić information content (AvgIpc) is 3.17. The lowest BCUT2D eigenvalue weighted by atomic mass is 9.91. The van der Waals surface area contributed by atoms with Gasteiger partial charge in [0.25, 0.3) is 0 Å². The Hall–Kier alpha value is -3.18. The minimum absolute atomic E-state index is 0.0835. The monoisotopic (exact) mass is 476 g/mol. The zero-order valence-corrected chi connectivity index (χ0v) is 19.1. The van der Waals surface area contributed by atoms with Crippen LogP contribution < -0.4 is 0 Å². The van der Waals surface area contributed by atoms with Crippen LogP contribution in [0.1, 0.15) is 12.0 Å². The van der Waals surface area contributed by atoms with E-state index in [2.05, 4.69) is 0 Å². The molecule has 1 saturated heterocycles. The van der Waals surface area contributed by atoms with Gasteiger partial charge in [-0.3, -0.25) is 4.90 Å². The second kappa shape index (κ2) is 8.64. The number of benzene rings is 1. The highest BCUT2D eigenvalue weighted by Crippen LogP contribution is 2.40. The quantitative estimate of drug-likeness (QED) is 0.723. The summed E-state index contributed by atoms with van der Waals surface area (Å²) >= 11 is 0. The van der Waals surface area contributed by atoms with Gasteiger partial charge in [-0.15, -0.1) is 0 Å². The summed E-state index contributed by atoms with van der Waals surface area (Å²) in [4.78, 5) is 27.9. The molecule has 1 unspecified atom stereocenters. The summed E-state index contributed by atoms with van der Waals surface area (Å²) in [6.07, 6.45) is 3.75. The van der Waals surface area contributed by atoms with E-state index in [4.69, 9.17) is 5.11 Å². The summed E-state index contributed by atoms with van der Waals surface area (Å²) < 4.78 is 41.2. The van der Waals surface area contributed by atoms with Gasteiger partial charge >= 0.3 is 12.1 Å². The zero-order chi connectivity index (χ0) is 23.9. The largest absolute Gasteiger partial charge is 0.465 e.